The fourth-order valence-electron chi connectivity index (χ4n) is 2.38. The van der Waals surface area contributed by atoms with Gasteiger partial charge in [-0.3, -0.25) is 9.59 Å². The normalized spacial score (nSPS) is 12.2. The summed E-state index contributed by atoms with van der Waals surface area (Å²) in [5, 5.41) is 14.5. The molecule has 10 heteroatoms. The highest BCUT2D eigenvalue weighted by atomic mass is 19.4. The molecule has 30 heavy (non-hydrogen) atoms. The second-order valence-corrected chi connectivity index (χ2v) is 6.38. The van der Waals surface area contributed by atoms with Gasteiger partial charge in [0.25, 0.3) is 0 Å². The molecule has 0 saturated heterocycles. The number of hydrogen-bond donors (Lipinski definition) is 3. The van der Waals surface area contributed by atoms with Crippen LogP contribution < -0.4 is 15.4 Å². The number of hydrogen-bond acceptors (Lipinski definition) is 4. The lowest BCUT2D eigenvalue weighted by Gasteiger charge is -2.14. The van der Waals surface area contributed by atoms with Gasteiger partial charge >= 0.3 is 6.18 Å². The first-order chi connectivity index (χ1) is 14.1. The number of amides is 2. The van der Waals surface area contributed by atoms with Crippen LogP contribution >= 0.6 is 0 Å². The molecular weight excluding hydrogens is 408 g/mol. The number of aliphatic hydroxyl groups excluding tert-OH is 1. The molecule has 0 bridgehead atoms. The lowest BCUT2D eigenvalue weighted by Crippen LogP contribution is -2.41. The second kappa shape index (κ2) is 10.6. The Labute approximate surface area is 169 Å². The molecule has 2 aromatic rings. The van der Waals surface area contributed by atoms with Crippen LogP contribution in [0.2, 0.25) is 0 Å². The minimum atomic E-state index is -4.51. The number of carbonyl (C=O) groups is 2. The van der Waals surface area contributed by atoms with E-state index in [1.54, 1.807) is 6.07 Å². The first kappa shape index (κ1) is 23.1. The summed E-state index contributed by atoms with van der Waals surface area (Å²) in [5.41, 5.74) is -0.424. The predicted octanol–water partition coefficient (Wildman–Crippen LogP) is 2.06. The molecule has 1 unspecified atom stereocenters. The SMILES string of the molecule is O=C(CNC(=O)Cc1cccc(F)c1)NCC(O)COc1cccc(C(F)(F)F)c1. The fraction of sp³-hybridized carbons (Fsp3) is 0.300. The van der Waals surface area contributed by atoms with E-state index in [0.717, 1.165) is 12.1 Å². The van der Waals surface area contributed by atoms with Gasteiger partial charge in [0.05, 0.1) is 18.5 Å². The van der Waals surface area contributed by atoms with Crippen LogP contribution in [0.5, 0.6) is 5.75 Å². The topological polar surface area (TPSA) is 87.7 Å². The maximum Gasteiger partial charge on any atom is 0.416 e. The Morgan fingerprint density at radius 3 is 2.47 bits per heavy atom. The Hall–Kier alpha value is -3.14. The molecule has 0 aliphatic heterocycles. The van der Waals surface area contributed by atoms with Gasteiger partial charge in [-0.05, 0) is 35.9 Å². The molecule has 2 amide bonds. The number of benzene rings is 2. The summed E-state index contributed by atoms with van der Waals surface area (Å²) >= 11 is 0. The molecule has 0 aromatic heterocycles. The number of alkyl halides is 3. The maximum atomic E-state index is 13.1. The van der Waals surface area contributed by atoms with Gasteiger partial charge in [-0.25, -0.2) is 4.39 Å². The Morgan fingerprint density at radius 1 is 1.03 bits per heavy atom. The third kappa shape index (κ3) is 8.08. The van der Waals surface area contributed by atoms with Gasteiger partial charge < -0.3 is 20.5 Å². The highest BCUT2D eigenvalue weighted by Gasteiger charge is 2.30. The molecular formula is C20H20F4N2O4. The molecule has 0 fully saturated rings. The fourth-order valence-corrected chi connectivity index (χ4v) is 2.38. The zero-order chi connectivity index (χ0) is 22.1. The number of aliphatic hydroxyl groups is 1. The van der Waals surface area contributed by atoms with Crippen molar-refractivity contribution in [3.63, 3.8) is 0 Å². The summed E-state index contributed by atoms with van der Waals surface area (Å²) in [4.78, 5) is 23.5. The minimum absolute atomic E-state index is 0.0696. The lowest BCUT2D eigenvalue weighted by atomic mass is 10.1. The number of rotatable bonds is 9. The van der Waals surface area contributed by atoms with Crippen LogP contribution in [0, 0.1) is 5.82 Å². The summed E-state index contributed by atoms with van der Waals surface area (Å²) in [7, 11) is 0. The molecule has 6 nitrogen and oxygen atoms in total. The Balaban J connectivity index is 1.67. The van der Waals surface area contributed by atoms with Gasteiger partial charge in [0.15, 0.2) is 0 Å². The highest BCUT2D eigenvalue weighted by molar-refractivity contribution is 5.85. The van der Waals surface area contributed by atoms with Crippen molar-refractivity contribution in [1.82, 2.24) is 10.6 Å². The maximum absolute atomic E-state index is 13.1. The molecule has 0 aliphatic carbocycles. The number of carbonyl (C=O) groups excluding carboxylic acids is 2. The van der Waals surface area contributed by atoms with E-state index in [2.05, 4.69) is 10.6 Å². The van der Waals surface area contributed by atoms with E-state index >= 15 is 0 Å². The number of halogens is 4. The second-order valence-electron chi connectivity index (χ2n) is 6.38. The van der Waals surface area contributed by atoms with E-state index in [1.807, 2.05) is 0 Å². The van der Waals surface area contributed by atoms with Crippen LogP contribution in [0.15, 0.2) is 48.5 Å². The average molecular weight is 428 g/mol. The van der Waals surface area contributed by atoms with E-state index in [1.165, 1.54) is 30.3 Å². The molecule has 162 valence electrons. The predicted molar refractivity (Wildman–Crippen MR) is 99.1 cm³/mol. The summed E-state index contributed by atoms with van der Waals surface area (Å²) in [6, 6.07) is 9.69. The first-order valence-electron chi connectivity index (χ1n) is 8.89. The van der Waals surface area contributed by atoms with Crippen LogP contribution in [0.1, 0.15) is 11.1 Å². The van der Waals surface area contributed by atoms with Crippen molar-refractivity contribution in [2.45, 2.75) is 18.7 Å². The highest BCUT2D eigenvalue weighted by Crippen LogP contribution is 2.31. The minimum Gasteiger partial charge on any atom is -0.491 e. The van der Waals surface area contributed by atoms with Crippen LogP contribution in [0.25, 0.3) is 0 Å². The molecule has 0 heterocycles. The van der Waals surface area contributed by atoms with Crippen LogP contribution in [-0.2, 0) is 22.2 Å². The van der Waals surface area contributed by atoms with Gasteiger partial charge in [0, 0.05) is 6.54 Å². The smallest absolute Gasteiger partial charge is 0.416 e. The summed E-state index contributed by atoms with van der Waals surface area (Å²) in [6.07, 6.45) is -5.78. The van der Waals surface area contributed by atoms with Crippen LogP contribution in [0.4, 0.5) is 17.6 Å². The van der Waals surface area contributed by atoms with Crippen molar-refractivity contribution in [1.29, 1.82) is 0 Å². The Kier molecular flexibility index (Phi) is 8.16. The third-order valence-corrected chi connectivity index (χ3v) is 3.84. The van der Waals surface area contributed by atoms with Crippen molar-refractivity contribution in [2.24, 2.45) is 0 Å². The first-order valence-corrected chi connectivity index (χ1v) is 8.89. The summed E-state index contributed by atoms with van der Waals surface area (Å²) < 4.78 is 56.1. The van der Waals surface area contributed by atoms with Crippen molar-refractivity contribution >= 4 is 11.8 Å². The molecule has 2 rings (SSSR count). The van der Waals surface area contributed by atoms with E-state index < -0.39 is 35.5 Å². The van der Waals surface area contributed by atoms with Crippen molar-refractivity contribution in [3.05, 3.63) is 65.5 Å². The standard InChI is InChI=1S/C20H20F4N2O4/c21-15-5-1-3-13(7-15)8-18(28)26-11-19(29)25-10-16(27)12-30-17-6-2-4-14(9-17)20(22,23)24/h1-7,9,16,27H,8,10-12H2,(H,25,29)(H,26,28). The average Bonchev–Trinajstić information content (AvgIpc) is 2.69. The van der Waals surface area contributed by atoms with Crippen LogP contribution in [0.3, 0.4) is 0 Å². The van der Waals surface area contributed by atoms with Gasteiger partial charge in [-0.15, -0.1) is 0 Å². The summed E-state index contributed by atoms with van der Waals surface area (Å²) in [5.74, 6) is -1.61. The number of nitrogens with one attached hydrogen (secondary N) is 2. The number of ether oxygens (including phenoxy) is 1. The Morgan fingerprint density at radius 2 is 1.77 bits per heavy atom. The van der Waals surface area contributed by atoms with Crippen LogP contribution in [-0.4, -0.2) is 42.7 Å². The van der Waals surface area contributed by atoms with Gasteiger partial charge in [-0.1, -0.05) is 18.2 Å². The molecule has 1 atom stereocenters. The largest absolute Gasteiger partial charge is 0.491 e. The lowest BCUT2D eigenvalue weighted by molar-refractivity contribution is -0.137. The van der Waals surface area contributed by atoms with Crippen molar-refractivity contribution in [2.75, 3.05) is 19.7 Å². The van der Waals surface area contributed by atoms with E-state index in [9.17, 15) is 32.3 Å². The van der Waals surface area contributed by atoms with Gasteiger partial charge in [0.2, 0.25) is 11.8 Å². The van der Waals surface area contributed by atoms with Gasteiger partial charge in [0.1, 0.15) is 24.3 Å². The third-order valence-electron chi connectivity index (χ3n) is 3.84. The summed E-state index contributed by atoms with van der Waals surface area (Å²) in [6.45, 7) is -0.916. The van der Waals surface area contributed by atoms with E-state index in [-0.39, 0.29) is 31.9 Å². The molecule has 0 radical (unpaired) electrons. The molecule has 2 aromatic carbocycles. The molecule has 0 spiro atoms. The molecule has 3 N–H and O–H groups in total. The Bertz CT molecular complexity index is 874. The monoisotopic (exact) mass is 428 g/mol. The quantitative estimate of drug-likeness (QED) is 0.534. The molecule has 0 saturated carbocycles. The molecule has 0 aliphatic rings. The van der Waals surface area contributed by atoms with Crippen molar-refractivity contribution < 1.29 is 37.0 Å². The van der Waals surface area contributed by atoms with Crippen molar-refractivity contribution in [3.8, 4) is 5.75 Å². The zero-order valence-electron chi connectivity index (χ0n) is 15.7. The van der Waals surface area contributed by atoms with Gasteiger partial charge in [-0.2, -0.15) is 13.2 Å². The van der Waals surface area contributed by atoms with E-state index in [4.69, 9.17) is 4.74 Å². The van der Waals surface area contributed by atoms with E-state index in [0.29, 0.717) is 5.56 Å². The zero-order valence-corrected chi connectivity index (χ0v) is 15.7.